The summed E-state index contributed by atoms with van der Waals surface area (Å²) in [4.78, 5) is 24.6. The molecular formula is C14H20N2O3S. The fourth-order valence-electron chi connectivity index (χ4n) is 1.54. The summed E-state index contributed by atoms with van der Waals surface area (Å²) in [6.07, 6.45) is 1.98. The van der Waals surface area contributed by atoms with Gasteiger partial charge in [0.05, 0.1) is 11.3 Å². The first-order valence-electron chi connectivity index (χ1n) is 6.17. The average molecular weight is 296 g/mol. The summed E-state index contributed by atoms with van der Waals surface area (Å²) in [7, 11) is 1.56. The Hall–Kier alpha value is -1.69. The molecule has 0 aliphatic heterocycles. The van der Waals surface area contributed by atoms with Gasteiger partial charge in [-0.3, -0.25) is 4.90 Å². The fourth-order valence-corrected chi connectivity index (χ4v) is 1.75. The molecule has 0 saturated heterocycles. The van der Waals surface area contributed by atoms with E-state index in [2.05, 4.69) is 5.32 Å². The quantitative estimate of drug-likeness (QED) is 0.876. The van der Waals surface area contributed by atoms with Crippen LogP contribution in [0.1, 0.15) is 24.2 Å². The summed E-state index contributed by atoms with van der Waals surface area (Å²) >= 11 is 1.66. The second-order valence-electron chi connectivity index (χ2n) is 5.00. The summed E-state index contributed by atoms with van der Waals surface area (Å²) in [6.45, 7) is 4.57. The largest absolute Gasteiger partial charge is 0.478 e. The number of nitrogens with one attached hydrogen (secondary N) is 1. The molecule has 2 N–H and O–H groups in total. The molecule has 5 nitrogen and oxygen atoms in total. The van der Waals surface area contributed by atoms with Crippen molar-refractivity contribution in [1.29, 1.82) is 0 Å². The van der Waals surface area contributed by atoms with Crippen molar-refractivity contribution in [3.05, 3.63) is 29.8 Å². The van der Waals surface area contributed by atoms with Crippen molar-refractivity contribution in [2.45, 2.75) is 18.6 Å². The maximum Gasteiger partial charge on any atom is 0.337 e. The van der Waals surface area contributed by atoms with E-state index in [-0.39, 0.29) is 16.3 Å². The van der Waals surface area contributed by atoms with E-state index in [1.165, 1.54) is 11.0 Å². The van der Waals surface area contributed by atoms with Crippen LogP contribution in [0, 0.1) is 0 Å². The van der Waals surface area contributed by atoms with E-state index < -0.39 is 5.97 Å². The van der Waals surface area contributed by atoms with Gasteiger partial charge in [0.25, 0.3) is 0 Å². The smallest absolute Gasteiger partial charge is 0.337 e. The van der Waals surface area contributed by atoms with E-state index in [0.717, 1.165) is 0 Å². The van der Waals surface area contributed by atoms with Gasteiger partial charge in [0.1, 0.15) is 0 Å². The second-order valence-corrected chi connectivity index (χ2v) is 6.52. The van der Waals surface area contributed by atoms with Gasteiger partial charge in [-0.25, -0.2) is 9.59 Å². The van der Waals surface area contributed by atoms with Crippen LogP contribution in [0.15, 0.2) is 24.3 Å². The average Bonchev–Trinajstić information content (AvgIpc) is 2.44. The number of carboxylic acids is 1. The minimum Gasteiger partial charge on any atom is -0.478 e. The summed E-state index contributed by atoms with van der Waals surface area (Å²) in [6, 6.07) is 6.11. The molecule has 0 aliphatic carbocycles. The molecule has 110 valence electrons. The molecule has 0 spiro atoms. The van der Waals surface area contributed by atoms with Crippen LogP contribution < -0.4 is 10.2 Å². The molecule has 20 heavy (non-hydrogen) atoms. The van der Waals surface area contributed by atoms with Gasteiger partial charge in [-0.1, -0.05) is 12.1 Å². The zero-order valence-electron chi connectivity index (χ0n) is 12.1. The SMILES string of the molecule is CSC(C)(C)CNC(=O)N(C)c1ccccc1C(=O)O. The van der Waals surface area contributed by atoms with Crippen LogP contribution >= 0.6 is 11.8 Å². The first-order valence-corrected chi connectivity index (χ1v) is 7.40. The number of anilines is 1. The van der Waals surface area contributed by atoms with Gasteiger partial charge >= 0.3 is 12.0 Å². The van der Waals surface area contributed by atoms with Crippen LogP contribution in [0.3, 0.4) is 0 Å². The van der Waals surface area contributed by atoms with Crippen molar-refractivity contribution in [1.82, 2.24) is 5.32 Å². The normalized spacial score (nSPS) is 11.0. The number of hydrogen-bond donors (Lipinski definition) is 2. The summed E-state index contributed by atoms with van der Waals surface area (Å²) in [5, 5.41) is 11.9. The van der Waals surface area contributed by atoms with Gasteiger partial charge in [-0.05, 0) is 32.2 Å². The summed E-state index contributed by atoms with van der Waals surface area (Å²) in [5.41, 5.74) is 0.480. The Labute approximate surface area is 123 Å². The molecule has 0 aliphatic rings. The van der Waals surface area contributed by atoms with Crippen molar-refractivity contribution in [3.8, 4) is 0 Å². The molecule has 0 atom stereocenters. The molecule has 2 amide bonds. The lowest BCUT2D eigenvalue weighted by Gasteiger charge is -2.25. The van der Waals surface area contributed by atoms with E-state index in [9.17, 15) is 9.59 Å². The molecule has 0 radical (unpaired) electrons. The maximum absolute atomic E-state index is 12.1. The van der Waals surface area contributed by atoms with Gasteiger partial charge in [0, 0.05) is 18.3 Å². The Bertz CT molecular complexity index is 503. The van der Waals surface area contributed by atoms with E-state index in [1.807, 2.05) is 20.1 Å². The van der Waals surface area contributed by atoms with Crippen LogP contribution in [0.4, 0.5) is 10.5 Å². The van der Waals surface area contributed by atoms with Crippen molar-refractivity contribution in [2.75, 3.05) is 24.7 Å². The number of urea groups is 1. The molecule has 6 heteroatoms. The van der Waals surface area contributed by atoms with Crippen LogP contribution in [-0.4, -0.2) is 41.7 Å². The van der Waals surface area contributed by atoms with Crippen molar-refractivity contribution in [3.63, 3.8) is 0 Å². The number of carboxylic acid groups (broad SMARTS) is 1. The van der Waals surface area contributed by atoms with Crippen LogP contribution in [0.25, 0.3) is 0 Å². The number of carbonyl (C=O) groups excluding carboxylic acids is 1. The van der Waals surface area contributed by atoms with Gasteiger partial charge in [-0.15, -0.1) is 0 Å². The van der Waals surface area contributed by atoms with E-state index in [4.69, 9.17) is 5.11 Å². The number of para-hydroxylation sites is 1. The Morgan fingerprint density at radius 2 is 1.95 bits per heavy atom. The number of amides is 2. The highest BCUT2D eigenvalue weighted by atomic mass is 32.2. The lowest BCUT2D eigenvalue weighted by molar-refractivity contribution is 0.0697. The minimum absolute atomic E-state index is 0.0667. The predicted octanol–water partition coefficient (Wildman–Crippen LogP) is 2.67. The number of aromatic carboxylic acids is 1. The topological polar surface area (TPSA) is 69.6 Å². The minimum atomic E-state index is -1.05. The third-order valence-corrected chi connectivity index (χ3v) is 4.27. The second kappa shape index (κ2) is 6.65. The lowest BCUT2D eigenvalue weighted by Crippen LogP contribution is -2.43. The molecule has 0 fully saturated rings. The third-order valence-electron chi connectivity index (χ3n) is 3.02. The van der Waals surface area contributed by atoms with Gasteiger partial charge in [-0.2, -0.15) is 11.8 Å². The predicted molar refractivity (Wildman–Crippen MR) is 82.8 cm³/mol. The molecule has 1 rings (SSSR count). The zero-order chi connectivity index (χ0) is 15.3. The van der Waals surface area contributed by atoms with Gasteiger partial charge < -0.3 is 10.4 Å². The van der Waals surface area contributed by atoms with Crippen LogP contribution in [0.5, 0.6) is 0 Å². The first kappa shape index (κ1) is 16.4. The Kier molecular flexibility index (Phi) is 5.44. The van der Waals surface area contributed by atoms with E-state index in [1.54, 1.807) is 37.0 Å². The van der Waals surface area contributed by atoms with Crippen molar-refractivity contribution in [2.24, 2.45) is 0 Å². The third kappa shape index (κ3) is 4.16. The van der Waals surface area contributed by atoms with Crippen molar-refractivity contribution >= 4 is 29.4 Å². The molecule has 0 saturated carbocycles. The van der Waals surface area contributed by atoms with Crippen LogP contribution in [-0.2, 0) is 0 Å². The van der Waals surface area contributed by atoms with Crippen molar-refractivity contribution < 1.29 is 14.7 Å². The number of benzene rings is 1. The highest BCUT2D eigenvalue weighted by Crippen LogP contribution is 2.21. The number of thioether (sulfide) groups is 1. The highest BCUT2D eigenvalue weighted by molar-refractivity contribution is 7.99. The number of hydrogen-bond acceptors (Lipinski definition) is 3. The number of rotatable bonds is 5. The van der Waals surface area contributed by atoms with Gasteiger partial charge in [0.2, 0.25) is 0 Å². The molecular weight excluding hydrogens is 276 g/mol. The fraction of sp³-hybridized carbons (Fsp3) is 0.429. The highest BCUT2D eigenvalue weighted by Gasteiger charge is 2.21. The zero-order valence-corrected chi connectivity index (χ0v) is 13.0. The molecule has 1 aromatic carbocycles. The summed E-state index contributed by atoms with van der Waals surface area (Å²) in [5.74, 6) is -1.05. The van der Waals surface area contributed by atoms with E-state index in [0.29, 0.717) is 12.2 Å². The van der Waals surface area contributed by atoms with E-state index >= 15 is 0 Å². The first-order chi connectivity index (χ1) is 9.28. The van der Waals surface area contributed by atoms with Gasteiger partial charge in [0.15, 0.2) is 0 Å². The Balaban J connectivity index is 2.82. The Morgan fingerprint density at radius 3 is 2.50 bits per heavy atom. The maximum atomic E-state index is 12.1. The standard InChI is InChI=1S/C14H20N2O3S/c1-14(2,20-4)9-15-13(19)16(3)11-8-6-5-7-10(11)12(17)18/h5-8H,9H2,1-4H3,(H,15,19)(H,17,18). The monoisotopic (exact) mass is 296 g/mol. The Morgan fingerprint density at radius 1 is 1.35 bits per heavy atom. The molecule has 0 heterocycles. The van der Waals surface area contributed by atoms with Crippen LogP contribution in [0.2, 0.25) is 0 Å². The number of nitrogens with zero attached hydrogens (tertiary/aromatic N) is 1. The molecule has 0 bridgehead atoms. The molecule has 0 aromatic heterocycles. The summed E-state index contributed by atoms with van der Waals surface area (Å²) < 4.78 is -0.0667. The molecule has 0 unspecified atom stereocenters. The number of carbonyl (C=O) groups is 2. The lowest BCUT2D eigenvalue weighted by atomic mass is 10.1. The molecule has 1 aromatic rings.